The minimum absolute atomic E-state index is 0.238. The van der Waals surface area contributed by atoms with Crippen molar-refractivity contribution in [3.05, 3.63) is 18.3 Å². The fourth-order valence-corrected chi connectivity index (χ4v) is 2.02. The second-order valence-electron chi connectivity index (χ2n) is 3.55. The Morgan fingerprint density at radius 3 is 3.00 bits per heavy atom. The summed E-state index contributed by atoms with van der Waals surface area (Å²) in [5, 5.41) is 0. The molecule has 0 unspecified atom stereocenters. The van der Waals surface area contributed by atoms with Crippen LogP contribution in [-0.2, 0) is 0 Å². The van der Waals surface area contributed by atoms with Gasteiger partial charge < -0.3 is 9.47 Å². The summed E-state index contributed by atoms with van der Waals surface area (Å²) >= 11 is 0. The molecule has 2 heterocycles. The minimum atomic E-state index is 0.238. The molecule has 0 saturated heterocycles. The predicted octanol–water partition coefficient (Wildman–Crippen LogP) is 1.77. The Kier molecular flexibility index (Phi) is 1.45. The minimum Gasteiger partial charge on any atom is -0.481 e. The van der Waals surface area contributed by atoms with E-state index < -0.39 is 0 Å². The number of hydrogen-bond acceptors (Lipinski definition) is 3. The second kappa shape index (κ2) is 2.62. The summed E-state index contributed by atoms with van der Waals surface area (Å²) in [6.45, 7) is 0. The van der Waals surface area contributed by atoms with Crippen LogP contribution in [0.15, 0.2) is 18.3 Å². The molecule has 3 heteroatoms. The SMILES string of the molecule is c1cnc2c(c1)O[C@@H]1CCC[C@H]1O2. The first-order chi connectivity index (χ1) is 6.43. The first-order valence-electron chi connectivity index (χ1n) is 4.72. The highest BCUT2D eigenvalue weighted by molar-refractivity contribution is 5.34. The third kappa shape index (κ3) is 1.07. The lowest BCUT2D eigenvalue weighted by atomic mass is 10.2. The molecule has 13 heavy (non-hydrogen) atoms. The van der Waals surface area contributed by atoms with Crippen LogP contribution in [0, 0.1) is 0 Å². The summed E-state index contributed by atoms with van der Waals surface area (Å²) in [5.41, 5.74) is 0. The Labute approximate surface area is 76.7 Å². The van der Waals surface area contributed by atoms with Gasteiger partial charge >= 0.3 is 0 Å². The summed E-state index contributed by atoms with van der Waals surface area (Å²) in [6.07, 6.45) is 5.64. The quantitative estimate of drug-likeness (QED) is 0.605. The molecular formula is C10H11NO2. The summed E-state index contributed by atoms with van der Waals surface area (Å²) in [4.78, 5) is 4.13. The fraction of sp³-hybridized carbons (Fsp3) is 0.500. The molecule has 3 nitrogen and oxygen atoms in total. The predicted molar refractivity (Wildman–Crippen MR) is 46.9 cm³/mol. The molecule has 2 atom stereocenters. The van der Waals surface area contributed by atoms with Gasteiger partial charge in [0.1, 0.15) is 12.2 Å². The van der Waals surface area contributed by atoms with Crippen LogP contribution in [0.1, 0.15) is 19.3 Å². The fourth-order valence-electron chi connectivity index (χ4n) is 2.02. The van der Waals surface area contributed by atoms with Crippen LogP contribution in [0.4, 0.5) is 0 Å². The molecule has 1 aromatic heterocycles. The van der Waals surface area contributed by atoms with Crippen LogP contribution >= 0.6 is 0 Å². The zero-order valence-corrected chi connectivity index (χ0v) is 7.27. The lowest BCUT2D eigenvalue weighted by Crippen LogP contribution is -2.35. The Hall–Kier alpha value is -1.25. The maximum Gasteiger partial charge on any atom is 0.257 e. The molecule has 2 aliphatic rings. The van der Waals surface area contributed by atoms with E-state index in [0.717, 1.165) is 18.6 Å². The third-order valence-corrected chi connectivity index (χ3v) is 2.67. The van der Waals surface area contributed by atoms with E-state index >= 15 is 0 Å². The van der Waals surface area contributed by atoms with Gasteiger partial charge in [-0.05, 0) is 31.4 Å². The molecule has 0 amide bonds. The first-order valence-corrected chi connectivity index (χ1v) is 4.72. The van der Waals surface area contributed by atoms with Crippen molar-refractivity contribution in [2.24, 2.45) is 0 Å². The van der Waals surface area contributed by atoms with Crippen LogP contribution in [0.25, 0.3) is 0 Å². The number of hydrogen-bond donors (Lipinski definition) is 0. The normalized spacial score (nSPS) is 29.8. The van der Waals surface area contributed by atoms with Crippen molar-refractivity contribution < 1.29 is 9.47 Å². The Bertz CT molecular complexity index is 295. The summed E-state index contributed by atoms with van der Waals surface area (Å²) in [7, 11) is 0. The highest BCUT2D eigenvalue weighted by Gasteiger charge is 2.35. The van der Waals surface area contributed by atoms with Gasteiger partial charge in [-0.15, -0.1) is 0 Å². The molecule has 1 saturated carbocycles. The van der Waals surface area contributed by atoms with Gasteiger partial charge in [0.25, 0.3) is 5.88 Å². The van der Waals surface area contributed by atoms with Gasteiger partial charge in [0.2, 0.25) is 0 Å². The van der Waals surface area contributed by atoms with Gasteiger partial charge in [0, 0.05) is 6.20 Å². The average Bonchev–Trinajstić information content (AvgIpc) is 2.61. The number of ether oxygens (including phenoxy) is 2. The Morgan fingerprint density at radius 1 is 1.23 bits per heavy atom. The molecule has 1 aliphatic carbocycles. The number of nitrogens with zero attached hydrogens (tertiary/aromatic N) is 1. The zero-order valence-electron chi connectivity index (χ0n) is 7.27. The van der Waals surface area contributed by atoms with E-state index in [-0.39, 0.29) is 12.2 Å². The monoisotopic (exact) mass is 177 g/mol. The smallest absolute Gasteiger partial charge is 0.257 e. The molecule has 0 aromatic carbocycles. The van der Waals surface area contributed by atoms with Gasteiger partial charge in [-0.25, -0.2) is 4.98 Å². The summed E-state index contributed by atoms with van der Waals surface area (Å²) in [5.74, 6) is 1.45. The molecule has 0 spiro atoms. The van der Waals surface area contributed by atoms with Crippen molar-refractivity contribution in [1.82, 2.24) is 4.98 Å². The van der Waals surface area contributed by atoms with E-state index in [0.29, 0.717) is 5.88 Å². The lowest BCUT2D eigenvalue weighted by molar-refractivity contribution is 0.0382. The lowest BCUT2D eigenvalue weighted by Gasteiger charge is -2.28. The molecule has 1 fully saturated rings. The van der Waals surface area contributed by atoms with Gasteiger partial charge in [-0.1, -0.05) is 0 Å². The molecule has 3 rings (SSSR count). The third-order valence-electron chi connectivity index (χ3n) is 2.67. The van der Waals surface area contributed by atoms with Crippen LogP contribution in [0.3, 0.4) is 0 Å². The molecule has 68 valence electrons. The average molecular weight is 177 g/mol. The van der Waals surface area contributed by atoms with Crippen molar-refractivity contribution >= 4 is 0 Å². The molecule has 1 aromatic rings. The second-order valence-corrected chi connectivity index (χ2v) is 3.55. The molecule has 0 N–H and O–H groups in total. The van der Waals surface area contributed by atoms with Gasteiger partial charge in [0.15, 0.2) is 5.75 Å². The molecular weight excluding hydrogens is 166 g/mol. The van der Waals surface area contributed by atoms with E-state index in [2.05, 4.69) is 4.98 Å². The van der Waals surface area contributed by atoms with E-state index in [4.69, 9.17) is 9.47 Å². The van der Waals surface area contributed by atoms with Crippen LogP contribution < -0.4 is 9.47 Å². The van der Waals surface area contributed by atoms with E-state index in [9.17, 15) is 0 Å². The van der Waals surface area contributed by atoms with E-state index in [1.54, 1.807) is 6.20 Å². The number of rotatable bonds is 0. The van der Waals surface area contributed by atoms with Crippen molar-refractivity contribution in [1.29, 1.82) is 0 Å². The van der Waals surface area contributed by atoms with Gasteiger partial charge in [0.05, 0.1) is 0 Å². The zero-order chi connectivity index (χ0) is 8.67. The highest BCUT2D eigenvalue weighted by atomic mass is 16.6. The van der Waals surface area contributed by atoms with Crippen molar-refractivity contribution in [3.63, 3.8) is 0 Å². The van der Waals surface area contributed by atoms with Gasteiger partial charge in [-0.2, -0.15) is 0 Å². The Balaban J connectivity index is 1.97. The maximum absolute atomic E-state index is 5.77. The van der Waals surface area contributed by atoms with Crippen molar-refractivity contribution in [2.75, 3.05) is 0 Å². The molecule has 0 bridgehead atoms. The topological polar surface area (TPSA) is 31.4 Å². The standard InChI is InChI=1S/C10H11NO2/c1-3-7-8(4-1)13-10-9(12-7)5-2-6-11-10/h2,5-8H,1,3-4H2/t7-,8-/m1/s1. The Morgan fingerprint density at radius 2 is 2.08 bits per heavy atom. The van der Waals surface area contributed by atoms with Crippen molar-refractivity contribution in [3.8, 4) is 11.6 Å². The molecule has 1 aliphatic heterocycles. The van der Waals surface area contributed by atoms with Gasteiger partial charge in [-0.3, -0.25) is 0 Å². The van der Waals surface area contributed by atoms with E-state index in [1.165, 1.54) is 6.42 Å². The highest BCUT2D eigenvalue weighted by Crippen LogP contribution is 2.37. The largest absolute Gasteiger partial charge is 0.481 e. The number of aromatic nitrogens is 1. The van der Waals surface area contributed by atoms with E-state index in [1.807, 2.05) is 12.1 Å². The summed E-state index contributed by atoms with van der Waals surface area (Å²) < 4.78 is 11.5. The molecule has 0 radical (unpaired) electrons. The van der Waals surface area contributed by atoms with Crippen LogP contribution in [0.5, 0.6) is 11.6 Å². The van der Waals surface area contributed by atoms with Crippen molar-refractivity contribution in [2.45, 2.75) is 31.5 Å². The summed E-state index contributed by atoms with van der Waals surface area (Å²) in [6, 6.07) is 3.79. The number of fused-ring (bicyclic) bond motifs is 2. The maximum atomic E-state index is 5.77. The van der Waals surface area contributed by atoms with Crippen LogP contribution in [-0.4, -0.2) is 17.2 Å². The van der Waals surface area contributed by atoms with Crippen LogP contribution in [0.2, 0.25) is 0 Å². The first kappa shape index (κ1) is 7.18. The number of pyridine rings is 1.